The van der Waals surface area contributed by atoms with Crippen LogP contribution in [0.4, 0.5) is 0 Å². The topological polar surface area (TPSA) is 89.2 Å². The molecule has 3 aromatic rings. The van der Waals surface area contributed by atoms with Gasteiger partial charge in [0.05, 0.1) is 11.3 Å². The zero-order chi connectivity index (χ0) is 19.6. The fraction of sp³-hybridized carbons (Fsp3) is 0.250. The van der Waals surface area contributed by atoms with Crippen LogP contribution in [0, 0.1) is 13.8 Å². The number of amides is 1. The number of aromatic nitrogens is 3. The minimum Gasteiger partial charge on any atom is -0.476 e. The number of rotatable bonds is 6. The molecule has 140 valence electrons. The molecule has 1 aromatic carbocycles. The van der Waals surface area contributed by atoms with Gasteiger partial charge >= 0.3 is 5.97 Å². The van der Waals surface area contributed by atoms with Gasteiger partial charge in [0.1, 0.15) is 0 Å². The van der Waals surface area contributed by atoms with E-state index in [1.165, 1.54) is 10.7 Å². The summed E-state index contributed by atoms with van der Waals surface area (Å²) >= 11 is 0. The highest BCUT2D eigenvalue weighted by molar-refractivity contribution is 5.95. The van der Waals surface area contributed by atoms with Gasteiger partial charge in [0.25, 0.3) is 5.91 Å². The molecular formula is C20H22N4O3. The first-order valence-corrected chi connectivity index (χ1v) is 8.74. The Labute approximate surface area is 157 Å². The first-order valence-electron chi connectivity index (χ1n) is 8.74. The first kappa shape index (κ1) is 18.4. The Kier molecular flexibility index (Phi) is 5.12. The third-order valence-corrected chi connectivity index (χ3v) is 4.57. The van der Waals surface area contributed by atoms with Crippen LogP contribution in [0.3, 0.4) is 0 Å². The van der Waals surface area contributed by atoms with E-state index in [1.807, 2.05) is 44.2 Å². The molecule has 27 heavy (non-hydrogen) atoms. The molecule has 0 aliphatic heterocycles. The van der Waals surface area contributed by atoms with Crippen molar-refractivity contribution in [3.05, 3.63) is 70.8 Å². The van der Waals surface area contributed by atoms with Crippen molar-refractivity contribution in [1.29, 1.82) is 0 Å². The minimum atomic E-state index is -1.07. The quantitative estimate of drug-likeness (QED) is 0.702. The average Bonchev–Trinajstić information content (AvgIpc) is 3.25. The summed E-state index contributed by atoms with van der Waals surface area (Å²) in [7, 11) is 0. The summed E-state index contributed by atoms with van der Waals surface area (Å²) in [6.45, 7) is 7.19. The van der Waals surface area contributed by atoms with Crippen molar-refractivity contribution in [3.63, 3.8) is 0 Å². The summed E-state index contributed by atoms with van der Waals surface area (Å²) in [4.78, 5) is 23.5. The van der Waals surface area contributed by atoms with E-state index in [1.54, 1.807) is 6.20 Å². The van der Waals surface area contributed by atoms with Gasteiger partial charge in [0.2, 0.25) is 0 Å². The number of nitrogens with one attached hydrogen (secondary N) is 1. The lowest BCUT2D eigenvalue weighted by molar-refractivity contribution is 0.0689. The van der Waals surface area contributed by atoms with Gasteiger partial charge in [-0.3, -0.25) is 4.79 Å². The molecule has 2 aromatic heterocycles. The van der Waals surface area contributed by atoms with Crippen molar-refractivity contribution >= 4 is 11.9 Å². The maximum absolute atomic E-state index is 12.5. The number of hydrogen-bond donors (Lipinski definition) is 2. The van der Waals surface area contributed by atoms with Crippen LogP contribution in [0.5, 0.6) is 0 Å². The molecule has 0 atom stereocenters. The van der Waals surface area contributed by atoms with Gasteiger partial charge in [-0.05, 0) is 50.6 Å². The van der Waals surface area contributed by atoms with Gasteiger partial charge in [-0.1, -0.05) is 12.1 Å². The SMILES string of the molecule is CCn1c(C)cc(C(=O)NCc2cccc(-n3ccc(C(=O)O)n3)c2)c1C. The van der Waals surface area contributed by atoms with E-state index < -0.39 is 5.97 Å². The standard InChI is InChI=1S/C20H22N4O3/c1-4-23-13(2)10-17(14(23)3)19(25)21-12-15-6-5-7-16(11-15)24-9-8-18(22-24)20(26)27/h5-11H,4,12H2,1-3H3,(H,21,25)(H,26,27). The molecule has 0 unspecified atom stereocenters. The average molecular weight is 366 g/mol. The molecule has 2 heterocycles. The smallest absolute Gasteiger partial charge is 0.356 e. The summed E-state index contributed by atoms with van der Waals surface area (Å²) in [5.41, 5.74) is 4.33. The summed E-state index contributed by atoms with van der Waals surface area (Å²) < 4.78 is 3.61. The van der Waals surface area contributed by atoms with E-state index in [4.69, 9.17) is 5.11 Å². The monoisotopic (exact) mass is 366 g/mol. The van der Waals surface area contributed by atoms with Gasteiger partial charge in [-0.25, -0.2) is 9.48 Å². The largest absolute Gasteiger partial charge is 0.476 e. The van der Waals surface area contributed by atoms with E-state index in [0.717, 1.165) is 29.2 Å². The molecule has 3 rings (SSSR count). The van der Waals surface area contributed by atoms with Gasteiger partial charge < -0.3 is 15.0 Å². The van der Waals surface area contributed by atoms with E-state index in [9.17, 15) is 9.59 Å². The molecule has 0 aliphatic carbocycles. The third kappa shape index (κ3) is 3.76. The second-order valence-corrected chi connectivity index (χ2v) is 6.33. The third-order valence-electron chi connectivity index (χ3n) is 4.57. The highest BCUT2D eigenvalue weighted by atomic mass is 16.4. The van der Waals surface area contributed by atoms with Gasteiger partial charge in [0, 0.05) is 30.7 Å². The molecule has 0 saturated carbocycles. The molecule has 0 radical (unpaired) electrons. The highest BCUT2D eigenvalue weighted by Gasteiger charge is 2.15. The van der Waals surface area contributed by atoms with Crippen molar-refractivity contribution in [3.8, 4) is 5.69 Å². The molecular weight excluding hydrogens is 344 g/mol. The fourth-order valence-corrected chi connectivity index (χ4v) is 3.19. The van der Waals surface area contributed by atoms with Crippen LogP contribution in [0.15, 0.2) is 42.6 Å². The molecule has 0 spiro atoms. The molecule has 0 saturated heterocycles. The lowest BCUT2D eigenvalue weighted by Gasteiger charge is -2.08. The second kappa shape index (κ2) is 7.49. The van der Waals surface area contributed by atoms with E-state index in [0.29, 0.717) is 12.1 Å². The number of aryl methyl sites for hydroxylation is 1. The van der Waals surface area contributed by atoms with E-state index in [2.05, 4.69) is 21.9 Å². The molecule has 0 aliphatic rings. The lowest BCUT2D eigenvalue weighted by Crippen LogP contribution is -2.23. The summed E-state index contributed by atoms with van der Waals surface area (Å²) in [6.07, 6.45) is 1.60. The van der Waals surface area contributed by atoms with Crippen molar-refractivity contribution in [2.45, 2.75) is 33.9 Å². The predicted octanol–water partition coefficient (Wildman–Crippen LogP) is 2.94. The lowest BCUT2D eigenvalue weighted by atomic mass is 10.2. The summed E-state index contributed by atoms with van der Waals surface area (Å²) in [5, 5.41) is 16.0. The summed E-state index contributed by atoms with van der Waals surface area (Å²) in [5.74, 6) is -1.18. The van der Waals surface area contributed by atoms with Gasteiger partial charge in [-0.15, -0.1) is 0 Å². The van der Waals surface area contributed by atoms with Crippen molar-refractivity contribution in [2.75, 3.05) is 0 Å². The molecule has 7 heteroatoms. The van der Waals surface area contributed by atoms with Crippen molar-refractivity contribution in [2.24, 2.45) is 0 Å². The second-order valence-electron chi connectivity index (χ2n) is 6.33. The molecule has 0 bridgehead atoms. The van der Waals surface area contributed by atoms with Crippen LogP contribution in [-0.4, -0.2) is 31.3 Å². The van der Waals surface area contributed by atoms with Crippen molar-refractivity contribution < 1.29 is 14.7 Å². The number of benzene rings is 1. The van der Waals surface area contributed by atoms with Crippen LogP contribution < -0.4 is 5.32 Å². The number of carboxylic acid groups (broad SMARTS) is 1. The van der Waals surface area contributed by atoms with Gasteiger partial charge in [-0.2, -0.15) is 5.10 Å². The van der Waals surface area contributed by atoms with Gasteiger partial charge in [0.15, 0.2) is 5.69 Å². The molecule has 1 amide bonds. The number of carbonyl (C=O) groups is 2. The maximum Gasteiger partial charge on any atom is 0.356 e. The molecule has 2 N–H and O–H groups in total. The Morgan fingerprint density at radius 2 is 1.96 bits per heavy atom. The summed E-state index contributed by atoms with van der Waals surface area (Å²) in [6, 6.07) is 10.8. The first-order chi connectivity index (χ1) is 12.9. The zero-order valence-electron chi connectivity index (χ0n) is 15.6. The Balaban J connectivity index is 1.73. The van der Waals surface area contributed by atoms with Crippen LogP contribution >= 0.6 is 0 Å². The van der Waals surface area contributed by atoms with Crippen LogP contribution in [-0.2, 0) is 13.1 Å². The number of nitrogens with zero attached hydrogens (tertiary/aromatic N) is 3. The molecule has 0 fully saturated rings. The number of carbonyl (C=O) groups excluding carboxylic acids is 1. The Bertz CT molecular complexity index is 1000. The zero-order valence-corrected chi connectivity index (χ0v) is 15.6. The van der Waals surface area contributed by atoms with E-state index >= 15 is 0 Å². The van der Waals surface area contributed by atoms with Crippen LogP contribution in [0.25, 0.3) is 5.69 Å². The normalized spacial score (nSPS) is 10.8. The maximum atomic E-state index is 12.5. The fourth-order valence-electron chi connectivity index (χ4n) is 3.19. The Hall–Kier alpha value is -3.35. The minimum absolute atomic E-state index is 0.0139. The number of hydrogen-bond acceptors (Lipinski definition) is 3. The highest BCUT2D eigenvalue weighted by Crippen LogP contribution is 2.15. The predicted molar refractivity (Wildman–Crippen MR) is 101 cm³/mol. The molecule has 7 nitrogen and oxygen atoms in total. The number of carboxylic acids is 1. The van der Waals surface area contributed by atoms with Crippen LogP contribution in [0.1, 0.15) is 44.7 Å². The van der Waals surface area contributed by atoms with E-state index in [-0.39, 0.29) is 11.6 Å². The number of aromatic carboxylic acids is 1. The Morgan fingerprint density at radius 3 is 2.59 bits per heavy atom. The van der Waals surface area contributed by atoms with Crippen LogP contribution in [0.2, 0.25) is 0 Å². The van der Waals surface area contributed by atoms with Crippen molar-refractivity contribution in [1.82, 2.24) is 19.7 Å². The Morgan fingerprint density at radius 1 is 1.19 bits per heavy atom.